The maximum absolute atomic E-state index is 11.7. The second-order valence-corrected chi connectivity index (χ2v) is 8.24. The van der Waals surface area contributed by atoms with Crippen molar-refractivity contribution in [3.8, 4) is 0 Å². The van der Waals surface area contributed by atoms with Crippen LogP contribution in [0.4, 0.5) is 10.8 Å². The first-order valence-electron chi connectivity index (χ1n) is 6.57. The Labute approximate surface area is 118 Å². The summed E-state index contributed by atoms with van der Waals surface area (Å²) in [5.74, 6) is 1.48. The van der Waals surface area contributed by atoms with Gasteiger partial charge in [-0.2, -0.15) is 4.37 Å². The van der Waals surface area contributed by atoms with Gasteiger partial charge in [0.05, 0.1) is 0 Å². The zero-order valence-corrected chi connectivity index (χ0v) is 13.0. The Balaban J connectivity index is 2.04. The number of hydrogen-bond acceptors (Lipinski definition) is 6. The molecule has 0 radical (unpaired) electrons. The minimum atomic E-state index is -3.32. The number of rotatable bonds is 4. The topological polar surface area (TPSA) is 85.1 Å². The van der Waals surface area contributed by atoms with Gasteiger partial charge in [0.25, 0.3) is 0 Å². The van der Waals surface area contributed by atoms with Gasteiger partial charge < -0.3 is 11.1 Å². The predicted octanol–water partition coefficient (Wildman–Crippen LogP) is 2.37. The molecule has 19 heavy (non-hydrogen) atoms. The highest BCUT2D eigenvalue weighted by molar-refractivity contribution is 7.91. The van der Waals surface area contributed by atoms with Crippen molar-refractivity contribution in [2.75, 3.05) is 23.9 Å². The van der Waals surface area contributed by atoms with Gasteiger partial charge in [0, 0.05) is 12.8 Å². The van der Waals surface area contributed by atoms with Crippen LogP contribution in [0.1, 0.15) is 32.6 Å². The van der Waals surface area contributed by atoms with E-state index in [0.717, 1.165) is 24.0 Å². The molecule has 1 heterocycles. The molecule has 108 valence electrons. The smallest absolute Gasteiger partial charge is 0.182 e. The van der Waals surface area contributed by atoms with Gasteiger partial charge in [-0.1, -0.05) is 19.8 Å². The lowest BCUT2D eigenvalue weighted by Crippen LogP contribution is -2.21. The molecule has 0 bridgehead atoms. The lowest BCUT2D eigenvalue weighted by molar-refractivity contribution is 0.293. The van der Waals surface area contributed by atoms with Crippen molar-refractivity contribution in [2.45, 2.75) is 37.5 Å². The fourth-order valence-corrected chi connectivity index (χ4v) is 4.82. The third-order valence-corrected chi connectivity index (χ3v) is 5.74. The van der Waals surface area contributed by atoms with Gasteiger partial charge in [-0.3, -0.25) is 0 Å². The van der Waals surface area contributed by atoms with Gasteiger partial charge in [-0.25, -0.2) is 8.42 Å². The van der Waals surface area contributed by atoms with Crippen molar-refractivity contribution < 1.29 is 8.42 Å². The Morgan fingerprint density at radius 2 is 2.21 bits per heavy atom. The molecule has 1 aromatic rings. The number of nitrogens with two attached hydrogens (primary N) is 1. The van der Waals surface area contributed by atoms with Gasteiger partial charge in [-0.05, 0) is 36.2 Å². The summed E-state index contributed by atoms with van der Waals surface area (Å²) in [5, 5.41) is 3.81. The van der Waals surface area contributed by atoms with E-state index in [1.165, 1.54) is 31.9 Å². The molecule has 2 atom stereocenters. The number of hydrogen-bond donors (Lipinski definition) is 2. The van der Waals surface area contributed by atoms with E-state index in [9.17, 15) is 8.42 Å². The normalized spacial score (nSPS) is 24.3. The van der Waals surface area contributed by atoms with Crippen LogP contribution in [0.5, 0.6) is 0 Å². The second kappa shape index (κ2) is 5.66. The van der Waals surface area contributed by atoms with Crippen LogP contribution >= 0.6 is 11.5 Å². The number of sulfone groups is 1. The maximum Gasteiger partial charge on any atom is 0.182 e. The van der Waals surface area contributed by atoms with Crippen LogP contribution in [0.3, 0.4) is 0 Å². The van der Waals surface area contributed by atoms with Crippen molar-refractivity contribution in [3.63, 3.8) is 0 Å². The molecule has 0 amide bonds. The summed E-state index contributed by atoms with van der Waals surface area (Å²) in [6, 6.07) is 0. The fraction of sp³-hybridized carbons (Fsp3) is 0.750. The number of nitrogens with zero attached hydrogens (tertiary/aromatic N) is 1. The van der Waals surface area contributed by atoms with Gasteiger partial charge in [0.1, 0.15) is 9.90 Å². The van der Waals surface area contributed by atoms with E-state index in [2.05, 4.69) is 16.6 Å². The summed E-state index contributed by atoms with van der Waals surface area (Å²) in [4.78, 5) is 0.154. The van der Waals surface area contributed by atoms with Crippen molar-refractivity contribution in [2.24, 2.45) is 11.8 Å². The zero-order chi connectivity index (χ0) is 14.0. The third kappa shape index (κ3) is 3.60. The number of nitrogens with one attached hydrogen (secondary N) is 1. The first kappa shape index (κ1) is 14.6. The van der Waals surface area contributed by atoms with E-state index in [-0.39, 0.29) is 10.7 Å². The summed E-state index contributed by atoms with van der Waals surface area (Å²) in [7, 11) is -3.32. The van der Waals surface area contributed by atoms with Gasteiger partial charge in [0.2, 0.25) is 0 Å². The fourth-order valence-electron chi connectivity index (χ4n) is 2.75. The molecule has 2 unspecified atom stereocenters. The minimum absolute atomic E-state index is 0.104. The van der Waals surface area contributed by atoms with Crippen molar-refractivity contribution in [1.29, 1.82) is 0 Å². The lowest BCUT2D eigenvalue weighted by atomic mass is 9.82. The molecule has 0 spiro atoms. The van der Waals surface area contributed by atoms with Crippen LogP contribution in [-0.2, 0) is 9.84 Å². The van der Waals surface area contributed by atoms with Crippen LogP contribution in [-0.4, -0.2) is 25.6 Å². The average molecular weight is 303 g/mol. The number of anilines is 2. The molecule has 1 saturated carbocycles. The average Bonchev–Trinajstić information content (AvgIpc) is 2.67. The Morgan fingerprint density at radius 3 is 2.84 bits per heavy atom. The molecule has 5 nitrogen and oxygen atoms in total. The number of aromatic nitrogens is 1. The Bertz CT molecular complexity index is 539. The highest BCUT2D eigenvalue weighted by atomic mass is 32.2. The molecule has 0 aromatic carbocycles. The van der Waals surface area contributed by atoms with E-state index in [1.54, 1.807) is 0 Å². The van der Waals surface area contributed by atoms with Crippen molar-refractivity contribution in [3.05, 3.63) is 0 Å². The quantitative estimate of drug-likeness (QED) is 0.892. The molecule has 7 heteroatoms. The highest BCUT2D eigenvalue weighted by Gasteiger charge is 2.23. The largest absolute Gasteiger partial charge is 0.382 e. The molecule has 0 aliphatic heterocycles. The SMILES string of the molecule is CC1CCCC(CNc2snc(N)c2S(C)(=O)=O)C1. The summed E-state index contributed by atoms with van der Waals surface area (Å²) in [6.07, 6.45) is 6.14. The standard InChI is InChI=1S/C12H21N3O2S2/c1-8-4-3-5-9(6-8)7-14-12-10(19(2,16)17)11(13)15-18-12/h8-9,14H,3-7H2,1-2H3,(H2,13,15). The lowest BCUT2D eigenvalue weighted by Gasteiger charge is -2.26. The molecular formula is C12H21N3O2S2. The minimum Gasteiger partial charge on any atom is -0.382 e. The Hall–Kier alpha value is -0.820. The number of nitrogen functional groups attached to an aromatic ring is 1. The summed E-state index contributed by atoms with van der Waals surface area (Å²) >= 11 is 1.13. The van der Waals surface area contributed by atoms with Crippen LogP contribution in [0, 0.1) is 11.8 Å². The monoisotopic (exact) mass is 303 g/mol. The van der Waals surface area contributed by atoms with E-state index in [0.29, 0.717) is 10.9 Å². The second-order valence-electron chi connectivity index (χ2n) is 5.52. The summed E-state index contributed by atoms with van der Waals surface area (Å²) in [6.45, 7) is 3.08. The molecule has 3 N–H and O–H groups in total. The van der Waals surface area contributed by atoms with Crippen LogP contribution < -0.4 is 11.1 Å². The van der Waals surface area contributed by atoms with E-state index in [1.807, 2.05) is 0 Å². The van der Waals surface area contributed by atoms with Gasteiger partial charge in [0.15, 0.2) is 15.7 Å². The highest BCUT2D eigenvalue weighted by Crippen LogP contribution is 2.33. The van der Waals surface area contributed by atoms with E-state index < -0.39 is 9.84 Å². The van der Waals surface area contributed by atoms with Gasteiger partial charge in [-0.15, -0.1) is 0 Å². The molecule has 1 aromatic heterocycles. The maximum atomic E-state index is 11.7. The third-order valence-electron chi connectivity index (χ3n) is 3.64. The van der Waals surface area contributed by atoms with E-state index in [4.69, 9.17) is 5.73 Å². The first-order chi connectivity index (χ1) is 8.88. The molecule has 0 saturated heterocycles. The summed E-state index contributed by atoms with van der Waals surface area (Å²) < 4.78 is 27.3. The molecular weight excluding hydrogens is 282 g/mol. The zero-order valence-electron chi connectivity index (χ0n) is 11.3. The molecule has 1 aliphatic carbocycles. The van der Waals surface area contributed by atoms with Crippen molar-refractivity contribution in [1.82, 2.24) is 4.37 Å². The predicted molar refractivity (Wildman–Crippen MR) is 79.2 cm³/mol. The van der Waals surface area contributed by atoms with Crippen LogP contribution in [0.15, 0.2) is 4.90 Å². The first-order valence-corrected chi connectivity index (χ1v) is 9.23. The van der Waals surface area contributed by atoms with Crippen LogP contribution in [0.2, 0.25) is 0 Å². The summed E-state index contributed by atoms with van der Waals surface area (Å²) in [5.41, 5.74) is 5.64. The van der Waals surface area contributed by atoms with E-state index >= 15 is 0 Å². The van der Waals surface area contributed by atoms with Gasteiger partial charge >= 0.3 is 0 Å². The molecule has 1 fully saturated rings. The van der Waals surface area contributed by atoms with Crippen LogP contribution in [0.25, 0.3) is 0 Å². The Kier molecular flexibility index (Phi) is 4.35. The Morgan fingerprint density at radius 1 is 1.47 bits per heavy atom. The molecule has 2 rings (SSSR count). The molecule has 1 aliphatic rings. The van der Waals surface area contributed by atoms with Crippen molar-refractivity contribution >= 4 is 32.2 Å².